The minimum atomic E-state index is -3.74. The molecule has 2 heterocycles. The standard InChI is InChI=1S/C18H25FN6O2S/c1-24(2)17-21-16(22-18(23-17)25-10-6-3-7-11-25)12-20-28(26,27)13-14-8-4-5-9-15(14)19/h4-5,8-9,20H,3,6-7,10-13H2,1-2H3. The largest absolute Gasteiger partial charge is 0.347 e. The van der Waals surface area contributed by atoms with Crippen molar-refractivity contribution in [3.05, 3.63) is 41.5 Å². The van der Waals surface area contributed by atoms with Crippen molar-refractivity contribution >= 4 is 21.9 Å². The van der Waals surface area contributed by atoms with Crippen LogP contribution in [0.2, 0.25) is 0 Å². The lowest BCUT2D eigenvalue weighted by Crippen LogP contribution is -2.33. The number of nitrogens with one attached hydrogen (secondary N) is 1. The summed E-state index contributed by atoms with van der Waals surface area (Å²) in [4.78, 5) is 17.1. The van der Waals surface area contributed by atoms with Crippen LogP contribution in [-0.4, -0.2) is 50.6 Å². The molecule has 8 nitrogen and oxygen atoms in total. The molecule has 0 radical (unpaired) electrons. The van der Waals surface area contributed by atoms with Crippen molar-refractivity contribution < 1.29 is 12.8 Å². The number of rotatable bonds is 7. The van der Waals surface area contributed by atoms with Crippen LogP contribution in [0, 0.1) is 5.82 Å². The first-order chi connectivity index (χ1) is 13.3. The van der Waals surface area contributed by atoms with Crippen LogP contribution >= 0.6 is 0 Å². The summed E-state index contributed by atoms with van der Waals surface area (Å²) in [7, 11) is -0.102. The van der Waals surface area contributed by atoms with Gasteiger partial charge in [0, 0.05) is 32.7 Å². The van der Waals surface area contributed by atoms with Gasteiger partial charge in [-0.25, -0.2) is 17.5 Å². The molecule has 28 heavy (non-hydrogen) atoms. The molecular weight excluding hydrogens is 383 g/mol. The highest BCUT2D eigenvalue weighted by molar-refractivity contribution is 7.88. The minimum Gasteiger partial charge on any atom is -0.347 e. The molecule has 1 aliphatic rings. The van der Waals surface area contributed by atoms with Gasteiger partial charge in [-0.15, -0.1) is 0 Å². The highest BCUT2D eigenvalue weighted by atomic mass is 32.2. The molecule has 2 aromatic rings. The van der Waals surface area contributed by atoms with Crippen LogP contribution in [0.4, 0.5) is 16.3 Å². The summed E-state index contributed by atoms with van der Waals surface area (Å²) in [5, 5.41) is 0. The summed E-state index contributed by atoms with van der Waals surface area (Å²) >= 11 is 0. The van der Waals surface area contributed by atoms with E-state index in [0.717, 1.165) is 25.9 Å². The van der Waals surface area contributed by atoms with Gasteiger partial charge in [-0.1, -0.05) is 18.2 Å². The van der Waals surface area contributed by atoms with Gasteiger partial charge in [-0.05, 0) is 25.3 Å². The van der Waals surface area contributed by atoms with Crippen molar-refractivity contribution in [3.63, 3.8) is 0 Å². The maximum absolute atomic E-state index is 13.7. The Bertz CT molecular complexity index is 916. The Balaban J connectivity index is 1.75. The van der Waals surface area contributed by atoms with Gasteiger partial charge < -0.3 is 9.80 Å². The lowest BCUT2D eigenvalue weighted by molar-refractivity contribution is 0.562. The lowest BCUT2D eigenvalue weighted by Gasteiger charge is -2.27. The molecule has 1 fully saturated rings. The van der Waals surface area contributed by atoms with Gasteiger partial charge in [-0.3, -0.25) is 0 Å². The van der Waals surface area contributed by atoms with Gasteiger partial charge in [0.25, 0.3) is 0 Å². The third-order valence-electron chi connectivity index (χ3n) is 4.45. The Morgan fingerprint density at radius 1 is 1.11 bits per heavy atom. The van der Waals surface area contributed by atoms with Crippen molar-refractivity contribution in [1.29, 1.82) is 0 Å². The molecule has 0 aliphatic carbocycles. The third kappa shape index (κ3) is 5.35. The van der Waals surface area contributed by atoms with E-state index in [4.69, 9.17) is 0 Å². The Labute approximate surface area is 164 Å². The highest BCUT2D eigenvalue weighted by Gasteiger charge is 2.19. The summed E-state index contributed by atoms with van der Waals surface area (Å²) in [6.07, 6.45) is 3.34. The molecule has 0 spiro atoms. The fraction of sp³-hybridized carbons (Fsp3) is 0.500. The second kappa shape index (κ2) is 8.78. The van der Waals surface area contributed by atoms with E-state index >= 15 is 0 Å². The van der Waals surface area contributed by atoms with Gasteiger partial charge in [0.1, 0.15) is 5.82 Å². The average Bonchev–Trinajstić information content (AvgIpc) is 2.68. The first kappa shape index (κ1) is 20.4. The van der Waals surface area contributed by atoms with E-state index in [1.54, 1.807) is 11.0 Å². The van der Waals surface area contributed by atoms with Crippen molar-refractivity contribution in [1.82, 2.24) is 19.7 Å². The molecule has 0 unspecified atom stereocenters. The number of hydrogen-bond donors (Lipinski definition) is 1. The number of halogens is 1. The van der Waals surface area contributed by atoms with Crippen molar-refractivity contribution in [3.8, 4) is 0 Å². The molecule has 1 N–H and O–H groups in total. The fourth-order valence-corrected chi connectivity index (χ4v) is 4.05. The first-order valence-electron chi connectivity index (χ1n) is 9.22. The van der Waals surface area contributed by atoms with Crippen LogP contribution in [0.25, 0.3) is 0 Å². The zero-order valence-electron chi connectivity index (χ0n) is 16.1. The summed E-state index contributed by atoms with van der Waals surface area (Å²) in [6.45, 7) is 1.66. The van der Waals surface area contributed by atoms with E-state index in [1.807, 2.05) is 14.1 Å². The number of benzene rings is 1. The van der Waals surface area contributed by atoms with Crippen LogP contribution in [0.5, 0.6) is 0 Å². The van der Waals surface area contributed by atoms with E-state index in [0.29, 0.717) is 17.7 Å². The smallest absolute Gasteiger partial charge is 0.230 e. The van der Waals surface area contributed by atoms with E-state index in [9.17, 15) is 12.8 Å². The van der Waals surface area contributed by atoms with Gasteiger partial charge in [0.2, 0.25) is 21.9 Å². The molecule has 0 bridgehead atoms. The van der Waals surface area contributed by atoms with Gasteiger partial charge in [-0.2, -0.15) is 15.0 Å². The van der Waals surface area contributed by atoms with Crippen LogP contribution < -0.4 is 14.5 Å². The topological polar surface area (TPSA) is 91.3 Å². The summed E-state index contributed by atoms with van der Waals surface area (Å²) in [6, 6.07) is 5.82. The fourth-order valence-electron chi connectivity index (χ4n) is 2.96. The molecule has 1 aliphatic heterocycles. The van der Waals surface area contributed by atoms with Gasteiger partial charge in [0.15, 0.2) is 5.82 Å². The SMILES string of the molecule is CN(C)c1nc(CNS(=O)(=O)Cc2ccccc2F)nc(N2CCCCC2)n1. The molecule has 1 aromatic heterocycles. The molecule has 3 rings (SSSR count). The Morgan fingerprint density at radius 2 is 1.82 bits per heavy atom. The van der Waals surface area contributed by atoms with Crippen LogP contribution in [-0.2, 0) is 22.3 Å². The Kier molecular flexibility index (Phi) is 6.40. The number of aromatic nitrogens is 3. The van der Waals surface area contributed by atoms with E-state index in [-0.39, 0.29) is 12.1 Å². The molecule has 0 atom stereocenters. The number of hydrogen-bond acceptors (Lipinski definition) is 7. The summed E-state index contributed by atoms with van der Waals surface area (Å²) in [5.74, 6) is 0.372. The maximum atomic E-state index is 13.7. The maximum Gasteiger partial charge on any atom is 0.230 e. The van der Waals surface area contributed by atoms with E-state index in [1.165, 1.54) is 24.6 Å². The molecule has 1 saturated heterocycles. The van der Waals surface area contributed by atoms with E-state index < -0.39 is 21.6 Å². The first-order valence-corrected chi connectivity index (χ1v) is 10.9. The molecule has 1 aromatic carbocycles. The van der Waals surface area contributed by atoms with Crippen molar-refractivity contribution in [2.24, 2.45) is 0 Å². The second-order valence-electron chi connectivity index (χ2n) is 6.97. The highest BCUT2D eigenvalue weighted by Crippen LogP contribution is 2.18. The zero-order chi connectivity index (χ0) is 20.1. The Hall–Kier alpha value is -2.33. The van der Waals surface area contributed by atoms with Crippen LogP contribution in [0.1, 0.15) is 30.7 Å². The normalized spacial score (nSPS) is 14.9. The van der Waals surface area contributed by atoms with Gasteiger partial charge >= 0.3 is 0 Å². The van der Waals surface area contributed by atoms with Crippen molar-refractivity contribution in [2.45, 2.75) is 31.6 Å². The predicted molar refractivity (Wildman–Crippen MR) is 106 cm³/mol. The molecule has 10 heteroatoms. The van der Waals surface area contributed by atoms with Crippen molar-refractivity contribution in [2.75, 3.05) is 37.0 Å². The van der Waals surface area contributed by atoms with E-state index in [2.05, 4.69) is 24.6 Å². The summed E-state index contributed by atoms with van der Waals surface area (Å²) < 4.78 is 40.9. The Morgan fingerprint density at radius 3 is 2.50 bits per heavy atom. The molecular formula is C18H25FN6O2S. The monoisotopic (exact) mass is 408 g/mol. The molecule has 0 saturated carbocycles. The number of sulfonamides is 1. The number of piperidine rings is 1. The van der Waals surface area contributed by atoms with Gasteiger partial charge in [0.05, 0.1) is 12.3 Å². The quantitative estimate of drug-likeness (QED) is 0.745. The zero-order valence-corrected chi connectivity index (χ0v) is 16.9. The summed E-state index contributed by atoms with van der Waals surface area (Å²) in [5.41, 5.74) is 0.119. The number of nitrogens with zero attached hydrogens (tertiary/aromatic N) is 5. The second-order valence-corrected chi connectivity index (χ2v) is 8.77. The number of anilines is 2. The van der Waals surface area contributed by atoms with Crippen LogP contribution in [0.3, 0.4) is 0 Å². The molecule has 152 valence electrons. The third-order valence-corrected chi connectivity index (χ3v) is 5.73. The minimum absolute atomic E-state index is 0.0824. The molecule has 0 amide bonds. The lowest BCUT2D eigenvalue weighted by atomic mass is 10.1. The predicted octanol–water partition coefficient (Wildman–Crippen LogP) is 1.69. The van der Waals surface area contributed by atoms with Crippen LogP contribution in [0.15, 0.2) is 24.3 Å². The average molecular weight is 409 g/mol.